The molecular formula is C39H48BrN3O7. The number of nitrogens with zero attached hydrogens (tertiary/aromatic N) is 2. The Morgan fingerprint density at radius 1 is 1.18 bits per heavy atom. The Balaban J connectivity index is 1.54. The van der Waals surface area contributed by atoms with Crippen molar-refractivity contribution in [2.75, 3.05) is 18.1 Å². The van der Waals surface area contributed by atoms with E-state index in [2.05, 4.69) is 34.4 Å². The third kappa shape index (κ3) is 6.79. The Bertz CT molecular complexity index is 1610. The number of benzene rings is 2. The van der Waals surface area contributed by atoms with Crippen LogP contribution in [0.1, 0.15) is 62.3 Å². The molecule has 2 bridgehead atoms. The number of fused-ring (bicyclic) bond motifs is 1. The summed E-state index contributed by atoms with van der Waals surface area (Å²) in [7, 11) is 0. The van der Waals surface area contributed by atoms with E-state index >= 15 is 0 Å². The van der Waals surface area contributed by atoms with E-state index in [4.69, 9.17) is 9.47 Å². The molecule has 1 spiro atoms. The molecule has 3 aliphatic rings. The van der Waals surface area contributed by atoms with E-state index in [1.807, 2.05) is 69.3 Å². The van der Waals surface area contributed by atoms with Gasteiger partial charge in [0.05, 0.1) is 36.6 Å². The van der Waals surface area contributed by atoms with Crippen molar-refractivity contribution in [2.45, 2.75) is 94.1 Å². The smallest absolute Gasteiger partial charge is 0.313 e. The number of aliphatic hydroxyl groups is 1. The fraction of sp³-hybridized carbons (Fsp3) is 0.487. The summed E-state index contributed by atoms with van der Waals surface area (Å²) in [6.45, 7) is 14.9. The van der Waals surface area contributed by atoms with Gasteiger partial charge >= 0.3 is 5.97 Å². The predicted octanol–water partition coefficient (Wildman–Crippen LogP) is 5.10. The lowest BCUT2D eigenvalue weighted by atomic mass is 9.70. The van der Waals surface area contributed by atoms with Crippen molar-refractivity contribution in [1.82, 2.24) is 10.2 Å². The van der Waals surface area contributed by atoms with Crippen molar-refractivity contribution in [2.24, 2.45) is 11.8 Å². The zero-order valence-corrected chi connectivity index (χ0v) is 30.8. The summed E-state index contributed by atoms with van der Waals surface area (Å²) < 4.78 is 13.0. The zero-order chi connectivity index (χ0) is 36.3. The average Bonchev–Trinajstić information content (AvgIpc) is 3.70. The van der Waals surface area contributed by atoms with Crippen LogP contribution in [0.5, 0.6) is 0 Å². The quantitative estimate of drug-likeness (QED) is 0.148. The number of nitrogens with one attached hydrogen (secondary N) is 1. The van der Waals surface area contributed by atoms with Crippen LogP contribution in [0.15, 0.2) is 73.8 Å². The number of esters is 1. The molecular weight excluding hydrogens is 702 g/mol. The molecule has 3 fully saturated rings. The normalized spacial score (nSPS) is 26.9. The minimum Gasteiger partial charge on any atom is -0.455 e. The topological polar surface area (TPSA) is 125 Å². The number of rotatable bonds is 15. The van der Waals surface area contributed by atoms with Crippen LogP contribution in [-0.2, 0) is 28.7 Å². The second-order valence-electron chi connectivity index (χ2n) is 13.6. The summed E-state index contributed by atoms with van der Waals surface area (Å²) in [5.74, 6) is -3.71. The molecule has 0 aliphatic carbocycles. The summed E-state index contributed by atoms with van der Waals surface area (Å²) in [6, 6.07) is 12.6. The highest BCUT2D eigenvalue weighted by molar-refractivity contribution is 9.09. The molecule has 3 saturated heterocycles. The molecule has 50 heavy (non-hydrogen) atoms. The van der Waals surface area contributed by atoms with Crippen molar-refractivity contribution < 1.29 is 33.8 Å². The molecule has 1 unspecified atom stereocenters. The average molecular weight is 751 g/mol. The number of anilines is 1. The summed E-state index contributed by atoms with van der Waals surface area (Å²) >= 11 is 3.74. The molecule has 0 radical (unpaired) electrons. The maximum absolute atomic E-state index is 15.0. The van der Waals surface area contributed by atoms with E-state index in [-0.39, 0.29) is 36.2 Å². The van der Waals surface area contributed by atoms with Crippen LogP contribution in [0.3, 0.4) is 0 Å². The zero-order valence-electron chi connectivity index (χ0n) is 29.2. The minimum atomic E-state index is -1.36. The van der Waals surface area contributed by atoms with Gasteiger partial charge in [0.25, 0.3) is 5.91 Å². The first-order valence-corrected chi connectivity index (χ1v) is 18.3. The Morgan fingerprint density at radius 3 is 2.54 bits per heavy atom. The van der Waals surface area contributed by atoms with Gasteiger partial charge in [-0.15, -0.1) is 13.2 Å². The van der Waals surface area contributed by atoms with Crippen molar-refractivity contribution >= 4 is 45.3 Å². The molecule has 0 aromatic heterocycles. The fourth-order valence-electron chi connectivity index (χ4n) is 7.96. The second-order valence-corrected chi connectivity index (χ2v) is 14.8. The van der Waals surface area contributed by atoms with E-state index in [0.717, 1.165) is 11.1 Å². The molecule has 10 nitrogen and oxygen atoms in total. The summed E-state index contributed by atoms with van der Waals surface area (Å²) in [6.07, 6.45) is 3.13. The molecule has 2 aromatic carbocycles. The number of allylic oxidation sites excluding steroid dienone is 1. The maximum atomic E-state index is 15.0. The molecule has 11 heteroatoms. The predicted molar refractivity (Wildman–Crippen MR) is 194 cm³/mol. The summed E-state index contributed by atoms with van der Waals surface area (Å²) in [5.41, 5.74) is 1.85. The van der Waals surface area contributed by atoms with Gasteiger partial charge in [-0.3, -0.25) is 19.2 Å². The minimum absolute atomic E-state index is 0.181. The first-order valence-electron chi connectivity index (χ1n) is 17.3. The van der Waals surface area contributed by atoms with Gasteiger partial charge in [-0.05, 0) is 62.8 Å². The van der Waals surface area contributed by atoms with Gasteiger partial charge in [0.2, 0.25) is 11.8 Å². The fourth-order valence-corrected chi connectivity index (χ4v) is 8.90. The standard InChI is InChI=1S/C39H48BrN3O7/c1-7-10-16-30(45)41-25(6)33(26-14-12-11-13-15-26)49-38(48)31-32-36(46)43(27(9-3)22-44)35(39(32)21-28(40)34(31)50-39)37(47)42(19-8-2)29-20-23(4)17-18-24(29)5/h7-8,11-15,17-18,20,25,27-28,31-35,44H,1-2,9-10,16,19,21-22H2,3-6H3,(H,41,45)/t25-,27-,28?,31-,32+,33-,34-,35-,39+/m0/s1. The van der Waals surface area contributed by atoms with Crippen molar-refractivity contribution in [1.29, 1.82) is 0 Å². The molecule has 2 aromatic rings. The number of ether oxygens (including phenoxy) is 2. The van der Waals surface area contributed by atoms with Crippen LogP contribution >= 0.6 is 15.9 Å². The number of carbonyl (C=O) groups excluding carboxylic acids is 4. The number of aryl methyl sites for hydroxylation is 2. The van der Waals surface area contributed by atoms with Crippen LogP contribution < -0.4 is 10.2 Å². The Kier molecular flexibility index (Phi) is 11.7. The van der Waals surface area contributed by atoms with E-state index in [9.17, 15) is 24.3 Å². The number of amides is 3. The van der Waals surface area contributed by atoms with Gasteiger partial charge in [0.15, 0.2) is 0 Å². The lowest BCUT2D eigenvalue weighted by molar-refractivity contribution is -0.162. The van der Waals surface area contributed by atoms with E-state index in [1.54, 1.807) is 24.0 Å². The monoisotopic (exact) mass is 749 g/mol. The lowest BCUT2D eigenvalue weighted by Crippen LogP contribution is -2.59. The van der Waals surface area contributed by atoms with Crippen LogP contribution in [0.25, 0.3) is 0 Å². The third-order valence-electron chi connectivity index (χ3n) is 10.3. The number of hydrogen-bond donors (Lipinski definition) is 2. The SMILES string of the molecule is C=CCCC(=O)N[C@@H](C)[C@H](OC(=O)[C@@H]1[C@H]2O[C@@]3(CC2Br)[C@H](C(=O)N(CC=C)c2cc(C)ccc2C)N([C@@H](CC)CO)C(=O)[C@@H]13)c1ccccc1. The Hall–Kier alpha value is -3.80. The number of carbonyl (C=O) groups is 4. The van der Waals surface area contributed by atoms with Crippen LogP contribution in [0.2, 0.25) is 0 Å². The van der Waals surface area contributed by atoms with Crippen LogP contribution in [0, 0.1) is 25.7 Å². The number of hydrogen-bond acceptors (Lipinski definition) is 7. The maximum Gasteiger partial charge on any atom is 0.313 e. The molecule has 0 saturated carbocycles. The van der Waals surface area contributed by atoms with Gasteiger partial charge in [-0.2, -0.15) is 0 Å². The lowest BCUT2D eigenvalue weighted by Gasteiger charge is -2.39. The molecule has 5 rings (SSSR count). The second kappa shape index (κ2) is 15.6. The van der Waals surface area contributed by atoms with E-state index in [0.29, 0.717) is 30.5 Å². The Morgan fingerprint density at radius 2 is 1.90 bits per heavy atom. The largest absolute Gasteiger partial charge is 0.455 e. The van der Waals surface area contributed by atoms with Gasteiger partial charge in [0, 0.05) is 23.5 Å². The van der Waals surface area contributed by atoms with Gasteiger partial charge in [-0.25, -0.2) is 0 Å². The highest BCUT2D eigenvalue weighted by Gasteiger charge is 2.77. The van der Waals surface area contributed by atoms with Gasteiger partial charge < -0.3 is 29.7 Å². The van der Waals surface area contributed by atoms with E-state index < -0.39 is 59.6 Å². The highest BCUT2D eigenvalue weighted by Crippen LogP contribution is 2.61. The number of aliphatic hydroxyl groups excluding tert-OH is 1. The third-order valence-corrected chi connectivity index (χ3v) is 11.2. The molecule has 2 N–H and O–H groups in total. The highest BCUT2D eigenvalue weighted by atomic mass is 79.9. The molecule has 9 atom stereocenters. The van der Waals surface area contributed by atoms with Crippen molar-refractivity contribution in [3.05, 3.63) is 90.5 Å². The van der Waals surface area contributed by atoms with Crippen molar-refractivity contribution in [3.63, 3.8) is 0 Å². The molecule has 268 valence electrons. The number of alkyl halides is 1. The summed E-state index contributed by atoms with van der Waals surface area (Å²) in [5, 5.41) is 13.5. The van der Waals surface area contributed by atoms with Crippen LogP contribution in [0.4, 0.5) is 5.69 Å². The number of likely N-dealkylation sites (tertiary alicyclic amines) is 1. The Labute approximate surface area is 303 Å². The molecule has 3 heterocycles. The number of halogens is 1. The summed E-state index contributed by atoms with van der Waals surface area (Å²) in [4.78, 5) is 59.6. The molecule has 3 aliphatic heterocycles. The van der Waals surface area contributed by atoms with Gasteiger partial charge in [0.1, 0.15) is 17.7 Å². The van der Waals surface area contributed by atoms with E-state index in [1.165, 1.54) is 4.90 Å². The van der Waals surface area contributed by atoms with Crippen LogP contribution in [-0.4, -0.2) is 81.5 Å². The molecule has 3 amide bonds. The first-order chi connectivity index (χ1) is 23.9. The van der Waals surface area contributed by atoms with Crippen molar-refractivity contribution in [3.8, 4) is 0 Å². The van der Waals surface area contributed by atoms with Gasteiger partial charge in [-0.1, -0.05) is 77.5 Å². The first kappa shape index (κ1) is 37.5.